The predicted molar refractivity (Wildman–Crippen MR) is 125 cm³/mol. The normalized spacial score (nSPS) is 20.1. The van der Waals surface area contributed by atoms with Gasteiger partial charge in [-0.25, -0.2) is 0 Å². The molecule has 0 radical (unpaired) electrons. The Morgan fingerprint density at radius 1 is 0.871 bits per heavy atom. The van der Waals surface area contributed by atoms with Crippen molar-refractivity contribution in [3.05, 3.63) is 24.3 Å². The van der Waals surface area contributed by atoms with E-state index in [2.05, 4.69) is 65.2 Å². The lowest BCUT2D eigenvalue weighted by Gasteiger charge is -2.34. The second kappa shape index (κ2) is 10.3. The first-order valence-corrected chi connectivity index (χ1v) is 12.6. The maximum Gasteiger partial charge on any atom is 0.214 e. The minimum atomic E-state index is 0.303. The van der Waals surface area contributed by atoms with Gasteiger partial charge < -0.3 is 14.5 Å². The maximum absolute atomic E-state index is 6.24. The first kappa shape index (κ1) is 22.6. The third kappa shape index (κ3) is 5.79. The van der Waals surface area contributed by atoms with Crippen molar-refractivity contribution in [2.24, 2.45) is 0 Å². The second-order valence-electron chi connectivity index (χ2n) is 9.26. The maximum atomic E-state index is 6.24. The molecule has 0 unspecified atom stereocenters. The number of ether oxygens (including phenoxy) is 1. The Bertz CT molecular complexity index is 808. The number of hydrogen-bond donors (Lipinski definition) is 0. The summed E-state index contributed by atoms with van der Waals surface area (Å²) in [5.41, 5.74) is 0.981. The standard InChI is InChI=1S/C23H36N6OS/c1-17(2)27-13-9-21(10-14-27)30-20-7-5-19(6-8-20)29-23(24-25-26-29)31-22-11-15-28(16-12-22)18(3)4/h5-8,17-18,21-22H,9-16H2,1-4H3. The van der Waals surface area contributed by atoms with Crippen molar-refractivity contribution in [1.29, 1.82) is 0 Å². The summed E-state index contributed by atoms with van der Waals surface area (Å²) in [6, 6.07) is 9.44. The quantitative estimate of drug-likeness (QED) is 0.642. The number of hydrogen-bond acceptors (Lipinski definition) is 7. The van der Waals surface area contributed by atoms with E-state index < -0.39 is 0 Å². The van der Waals surface area contributed by atoms with Crippen LogP contribution in [-0.2, 0) is 0 Å². The molecule has 0 bridgehead atoms. The van der Waals surface area contributed by atoms with Gasteiger partial charge in [0.05, 0.1) is 5.69 Å². The number of aromatic nitrogens is 4. The van der Waals surface area contributed by atoms with Crippen LogP contribution in [0.4, 0.5) is 0 Å². The SMILES string of the molecule is CC(C)N1CCC(Oc2ccc(-n3nnnc3SC3CCN(C(C)C)CC3)cc2)CC1. The predicted octanol–water partition coefficient (Wildman–Crippen LogP) is 3.88. The van der Waals surface area contributed by atoms with Gasteiger partial charge in [-0.15, -0.1) is 5.10 Å². The van der Waals surface area contributed by atoms with E-state index in [9.17, 15) is 0 Å². The molecule has 0 atom stereocenters. The summed E-state index contributed by atoms with van der Waals surface area (Å²) >= 11 is 1.81. The van der Waals surface area contributed by atoms with Crippen molar-refractivity contribution >= 4 is 11.8 Å². The molecule has 0 amide bonds. The van der Waals surface area contributed by atoms with Gasteiger partial charge in [-0.2, -0.15) is 4.68 Å². The molecule has 0 saturated carbocycles. The van der Waals surface area contributed by atoms with Gasteiger partial charge in [-0.3, -0.25) is 0 Å². The zero-order chi connectivity index (χ0) is 21.8. The Labute approximate surface area is 190 Å². The van der Waals surface area contributed by atoms with Crippen molar-refractivity contribution in [3.8, 4) is 11.4 Å². The fourth-order valence-corrected chi connectivity index (χ4v) is 5.51. The van der Waals surface area contributed by atoms with Gasteiger partial charge in [0.25, 0.3) is 0 Å². The van der Waals surface area contributed by atoms with Crippen molar-refractivity contribution in [2.45, 2.75) is 82.0 Å². The van der Waals surface area contributed by atoms with Crippen LogP contribution in [0.2, 0.25) is 0 Å². The molecule has 2 fully saturated rings. The first-order valence-electron chi connectivity index (χ1n) is 11.7. The van der Waals surface area contributed by atoms with E-state index in [1.165, 1.54) is 12.8 Å². The van der Waals surface area contributed by atoms with Gasteiger partial charge in [0.2, 0.25) is 5.16 Å². The number of rotatable bonds is 7. The smallest absolute Gasteiger partial charge is 0.214 e. The molecule has 4 rings (SSSR count). The average Bonchev–Trinajstić information content (AvgIpc) is 3.23. The monoisotopic (exact) mass is 444 g/mol. The largest absolute Gasteiger partial charge is 0.490 e. The van der Waals surface area contributed by atoms with Crippen molar-refractivity contribution in [1.82, 2.24) is 30.0 Å². The Morgan fingerprint density at radius 2 is 1.45 bits per heavy atom. The summed E-state index contributed by atoms with van der Waals surface area (Å²) in [7, 11) is 0. The molecule has 31 heavy (non-hydrogen) atoms. The molecule has 2 aliphatic heterocycles. The molecule has 0 aliphatic carbocycles. The van der Waals surface area contributed by atoms with Gasteiger partial charge in [0, 0.05) is 30.4 Å². The summed E-state index contributed by atoms with van der Waals surface area (Å²) in [6.45, 7) is 13.6. The van der Waals surface area contributed by atoms with Crippen LogP contribution in [-0.4, -0.2) is 79.6 Å². The van der Waals surface area contributed by atoms with Gasteiger partial charge in [-0.05, 0) is 101 Å². The summed E-state index contributed by atoms with van der Waals surface area (Å²) in [5, 5.41) is 13.9. The van der Waals surface area contributed by atoms with Crippen molar-refractivity contribution in [3.63, 3.8) is 0 Å². The van der Waals surface area contributed by atoms with E-state index in [4.69, 9.17) is 4.74 Å². The van der Waals surface area contributed by atoms with E-state index in [0.717, 1.165) is 55.6 Å². The number of thioether (sulfide) groups is 1. The van der Waals surface area contributed by atoms with Gasteiger partial charge >= 0.3 is 0 Å². The summed E-state index contributed by atoms with van der Waals surface area (Å²) in [6.07, 6.45) is 4.83. The van der Waals surface area contributed by atoms with Crippen LogP contribution in [0.25, 0.3) is 5.69 Å². The van der Waals surface area contributed by atoms with Crippen LogP contribution in [0.3, 0.4) is 0 Å². The molecule has 2 aliphatic rings. The fraction of sp³-hybridized carbons (Fsp3) is 0.696. The minimum Gasteiger partial charge on any atom is -0.490 e. The number of piperidine rings is 2. The molecule has 2 saturated heterocycles. The number of likely N-dealkylation sites (tertiary alicyclic amines) is 2. The van der Waals surface area contributed by atoms with Crippen LogP contribution >= 0.6 is 11.8 Å². The zero-order valence-electron chi connectivity index (χ0n) is 19.3. The highest BCUT2D eigenvalue weighted by atomic mass is 32.2. The van der Waals surface area contributed by atoms with E-state index in [-0.39, 0.29) is 0 Å². The third-order valence-corrected chi connectivity index (χ3v) is 7.78. The molecule has 3 heterocycles. The van der Waals surface area contributed by atoms with Gasteiger partial charge in [0.15, 0.2) is 0 Å². The van der Waals surface area contributed by atoms with E-state index in [1.807, 2.05) is 16.8 Å². The lowest BCUT2D eigenvalue weighted by atomic mass is 10.1. The molecule has 1 aromatic heterocycles. The highest BCUT2D eigenvalue weighted by Crippen LogP contribution is 2.31. The number of nitrogens with zero attached hydrogens (tertiary/aromatic N) is 6. The fourth-order valence-electron chi connectivity index (χ4n) is 4.44. The number of benzene rings is 1. The zero-order valence-corrected chi connectivity index (χ0v) is 20.1. The van der Waals surface area contributed by atoms with Crippen molar-refractivity contribution < 1.29 is 4.74 Å². The lowest BCUT2D eigenvalue weighted by molar-refractivity contribution is 0.0843. The molecular weight excluding hydrogens is 408 g/mol. The van der Waals surface area contributed by atoms with Gasteiger partial charge in [0.1, 0.15) is 11.9 Å². The highest BCUT2D eigenvalue weighted by molar-refractivity contribution is 7.99. The van der Waals surface area contributed by atoms with Crippen LogP contribution in [0.1, 0.15) is 53.4 Å². The Hall–Kier alpha value is -1.64. The Morgan fingerprint density at radius 3 is 2.03 bits per heavy atom. The highest BCUT2D eigenvalue weighted by Gasteiger charge is 2.24. The Kier molecular flexibility index (Phi) is 7.51. The topological polar surface area (TPSA) is 59.3 Å². The number of tetrazole rings is 1. The van der Waals surface area contributed by atoms with E-state index in [1.54, 1.807) is 11.8 Å². The van der Waals surface area contributed by atoms with Crippen LogP contribution in [0.5, 0.6) is 5.75 Å². The molecule has 1 aromatic carbocycles. The minimum absolute atomic E-state index is 0.303. The summed E-state index contributed by atoms with van der Waals surface area (Å²) in [4.78, 5) is 5.07. The molecule has 2 aromatic rings. The van der Waals surface area contributed by atoms with E-state index >= 15 is 0 Å². The lowest BCUT2D eigenvalue weighted by Crippen LogP contribution is -2.41. The van der Waals surface area contributed by atoms with Crippen molar-refractivity contribution in [2.75, 3.05) is 26.2 Å². The van der Waals surface area contributed by atoms with E-state index in [0.29, 0.717) is 23.4 Å². The molecule has 8 heteroatoms. The molecule has 0 N–H and O–H groups in total. The van der Waals surface area contributed by atoms with Crippen LogP contribution in [0, 0.1) is 0 Å². The summed E-state index contributed by atoms with van der Waals surface area (Å²) < 4.78 is 8.09. The van der Waals surface area contributed by atoms with Crippen LogP contribution < -0.4 is 4.74 Å². The first-order chi connectivity index (χ1) is 15.0. The molecule has 7 nitrogen and oxygen atoms in total. The molecule has 0 spiro atoms. The third-order valence-electron chi connectivity index (χ3n) is 6.51. The Balaban J connectivity index is 1.32. The van der Waals surface area contributed by atoms with Crippen LogP contribution in [0.15, 0.2) is 29.4 Å². The average molecular weight is 445 g/mol. The molecular formula is C23H36N6OS. The summed E-state index contributed by atoms with van der Waals surface area (Å²) in [5.74, 6) is 0.926. The second-order valence-corrected chi connectivity index (χ2v) is 10.5. The molecule has 170 valence electrons. The van der Waals surface area contributed by atoms with Gasteiger partial charge in [-0.1, -0.05) is 11.8 Å².